The molecule has 1 aliphatic heterocycles. The maximum absolute atomic E-state index is 9.04. The van der Waals surface area contributed by atoms with Gasteiger partial charge in [-0.05, 0) is 13.3 Å². The van der Waals surface area contributed by atoms with E-state index in [-0.39, 0.29) is 12.7 Å². The van der Waals surface area contributed by atoms with E-state index in [1.165, 1.54) is 0 Å². The number of aliphatic hydroxyl groups is 1. The van der Waals surface area contributed by atoms with Crippen molar-refractivity contribution >= 4 is 5.95 Å². The van der Waals surface area contributed by atoms with Gasteiger partial charge in [-0.15, -0.1) is 0 Å². The lowest BCUT2D eigenvalue weighted by atomic mass is 10.2. The lowest BCUT2D eigenvalue weighted by molar-refractivity contribution is 0.121. The van der Waals surface area contributed by atoms with E-state index in [2.05, 4.69) is 14.9 Å². The van der Waals surface area contributed by atoms with Crippen LogP contribution in [-0.2, 0) is 11.3 Å². The Morgan fingerprint density at radius 2 is 2.44 bits per heavy atom. The van der Waals surface area contributed by atoms with Gasteiger partial charge in [-0.1, -0.05) is 0 Å². The highest BCUT2D eigenvalue weighted by molar-refractivity contribution is 5.34. The number of aromatic nitrogens is 2. The number of anilines is 1. The molecular formula is C11H17N3O2. The summed E-state index contributed by atoms with van der Waals surface area (Å²) < 4.78 is 5.30. The van der Waals surface area contributed by atoms with Crippen molar-refractivity contribution < 1.29 is 9.84 Å². The first-order chi connectivity index (χ1) is 7.74. The zero-order chi connectivity index (χ0) is 11.5. The fraction of sp³-hybridized carbons (Fsp3) is 0.636. The first kappa shape index (κ1) is 11.3. The van der Waals surface area contributed by atoms with E-state index >= 15 is 0 Å². The third-order valence-electron chi connectivity index (χ3n) is 3.00. The Morgan fingerprint density at radius 1 is 1.62 bits per heavy atom. The summed E-state index contributed by atoms with van der Waals surface area (Å²) in [5.41, 5.74) is 1.62. The van der Waals surface area contributed by atoms with Crippen molar-refractivity contribution in [2.75, 3.05) is 25.1 Å². The Bertz CT molecular complexity index is 370. The molecule has 88 valence electrons. The van der Waals surface area contributed by atoms with Gasteiger partial charge in [0.25, 0.3) is 0 Å². The average molecular weight is 223 g/mol. The summed E-state index contributed by atoms with van der Waals surface area (Å²) in [4.78, 5) is 10.8. The smallest absolute Gasteiger partial charge is 0.225 e. The molecule has 5 nitrogen and oxygen atoms in total. The number of rotatable bonds is 3. The second-order valence-electron chi connectivity index (χ2n) is 4.03. The van der Waals surface area contributed by atoms with Crippen LogP contribution in [0.4, 0.5) is 5.95 Å². The van der Waals surface area contributed by atoms with Crippen LogP contribution < -0.4 is 4.90 Å². The number of nitrogens with zero attached hydrogens (tertiary/aromatic N) is 3. The van der Waals surface area contributed by atoms with Gasteiger partial charge in [-0.2, -0.15) is 0 Å². The monoisotopic (exact) mass is 223 g/mol. The minimum atomic E-state index is -0.00713. The predicted molar refractivity (Wildman–Crippen MR) is 60.3 cm³/mol. The Morgan fingerprint density at radius 3 is 3.00 bits per heavy atom. The molecule has 0 aromatic carbocycles. The third kappa shape index (κ3) is 2.15. The van der Waals surface area contributed by atoms with E-state index in [4.69, 9.17) is 9.84 Å². The number of methoxy groups -OCH3 is 1. The summed E-state index contributed by atoms with van der Waals surface area (Å²) >= 11 is 0. The van der Waals surface area contributed by atoms with Crippen LogP contribution in [0.3, 0.4) is 0 Å². The standard InChI is InChI=1S/C11H17N3O2/c1-8-9(7-15)5-12-11(13-8)14-4-3-10(6-14)16-2/h5,10,15H,3-4,6-7H2,1-2H3. The van der Waals surface area contributed by atoms with E-state index < -0.39 is 0 Å². The summed E-state index contributed by atoms with van der Waals surface area (Å²) in [5, 5.41) is 9.04. The van der Waals surface area contributed by atoms with E-state index in [1.54, 1.807) is 13.3 Å². The van der Waals surface area contributed by atoms with Crippen LogP contribution in [0, 0.1) is 6.92 Å². The molecule has 1 aromatic rings. The summed E-state index contributed by atoms with van der Waals surface area (Å²) in [5.74, 6) is 0.731. The Labute approximate surface area is 95.1 Å². The molecule has 0 radical (unpaired) electrons. The number of aryl methyl sites for hydroxylation is 1. The molecule has 1 N–H and O–H groups in total. The van der Waals surface area contributed by atoms with Crippen molar-refractivity contribution in [3.8, 4) is 0 Å². The Kier molecular flexibility index (Phi) is 3.36. The summed E-state index contributed by atoms with van der Waals surface area (Å²) in [6.07, 6.45) is 2.99. The van der Waals surface area contributed by atoms with E-state index in [9.17, 15) is 0 Å². The normalized spacial score (nSPS) is 20.4. The highest BCUT2D eigenvalue weighted by atomic mass is 16.5. The van der Waals surface area contributed by atoms with Crippen LogP contribution in [0.5, 0.6) is 0 Å². The Balaban J connectivity index is 2.13. The van der Waals surface area contributed by atoms with Crippen LogP contribution >= 0.6 is 0 Å². The van der Waals surface area contributed by atoms with Gasteiger partial charge >= 0.3 is 0 Å². The zero-order valence-corrected chi connectivity index (χ0v) is 9.68. The molecule has 0 aliphatic carbocycles. The van der Waals surface area contributed by atoms with Gasteiger partial charge < -0.3 is 14.7 Å². The van der Waals surface area contributed by atoms with Crippen LogP contribution in [0.2, 0.25) is 0 Å². The van der Waals surface area contributed by atoms with Crippen LogP contribution in [0.15, 0.2) is 6.20 Å². The highest BCUT2D eigenvalue weighted by Gasteiger charge is 2.24. The SMILES string of the molecule is COC1CCN(c2ncc(CO)c(C)n2)C1. The predicted octanol–water partition coefficient (Wildman–Crippen LogP) is 0.502. The summed E-state index contributed by atoms with van der Waals surface area (Å²) in [7, 11) is 1.73. The minimum absolute atomic E-state index is 0.00713. The van der Waals surface area contributed by atoms with Gasteiger partial charge in [-0.3, -0.25) is 0 Å². The molecule has 1 saturated heterocycles. The molecule has 0 saturated carbocycles. The summed E-state index contributed by atoms with van der Waals surface area (Å²) in [6.45, 7) is 3.65. The van der Waals surface area contributed by atoms with Gasteiger partial charge in [0.2, 0.25) is 5.95 Å². The van der Waals surface area contributed by atoms with Crippen molar-refractivity contribution in [1.29, 1.82) is 0 Å². The zero-order valence-electron chi connectivity index (χ0n) is 9.68. The molecule has 2 rings (SSSR count). The van der Waals surface area contributed by atoms with E-state index in [1.807, 2.05) is 6.92 Å². The van der Waals surface area contributed by atoms with Gasteiger partial charge in [0.15, 0.2) is 0 Å². The van der Waals surface area contributed by atoms with Crippen LogP contribution in [0.25, 0.3) is 0 Å². The molecule has 0 spiro atoms. The molecule has 0 bridgehead atoms. The Hall–Kier alpha value is -1.20. The second-order valence-corrected chi connectivity index (χ2v) is 4.03. The first-order valence-electron chi connectivity index (χ1n) is 5.45. The molecule has 1 atom stereocenters. The number of aliphatic hydroxyl groups excluding tert-OH is 1. The van der Waals surface area contributed by atoms with Gasteiger partial charge in [0, 0.05) is 37.7 Å². The van der Waals surface area contributed by atoms with Crippen LogP contribution in [-0.4, -0.2) is 41.4 Å². The topological polar surface area (TPSA) is 58.5 Å². The molecule has 5 heteroatoms. The highest BCUT2D eigenvalue weighted by Crippen LogP contribution is 2.18. The quantitative estimate of drug-likeness (QED) is 0.808. The van der Waals surface area contributed by atoms with Crippen molar-refractivity contribution in [2.45, 2.75) is 26.1 Å². The fourth-order valence-electron chi connectivity index (χ4n) is 1.89. The summed E-state index contributed by atoms with van der Waals surface area (Å²) in [6, 6.07) is 0. The molecule has 1 aliphatic rings. The molecule has 1 unspecified atom stereocenters. The minimum Gasteiger partial charge on any atom is -0.392 e. The maximum atomic E-state index is 9.04. The lowest BCUT2D eigenvalue weighted by Crippen LogP contribution is -2.24. The maximum Gasteiger partial charge on any atom is 0.225 e. The van der Waals surface area contributed by atoms with Gasteiger partial charge in [0.05, 0.1) is 12.7 Å². The van der Waals surface area contributed by atoms with Crippen molar-refractivity contribution in [3.05, 3.63) is 17.5 Å². The van der Waals surface area contributed by atoms with Gasteiger partial charge in [-0.25, -0.2) is 9.97 Å². The number of ether oxygens (including phenoxy) is 1. The number of hydrogen-bond donors (Lipinski definition) is 1. The number of hydrogen-bond acceptors (Lipinski definition) is 5. The molecule has 1 aromatic heterocycles. The van der Waals surface area contributed by atoms with Crippen molar-refractivity contribution in [3.63, 3.8) is 0 Å². The van der Waals surface area contributed by atoms with Crippen molar-refractivity contribution in [1.82, 2.24) is 9.97 Å². The van der Waals surface area contributed by atoms with Crippen molar-refractivity contribution in [2.24, 2.45) is 0 Å². The average Bonchev–Trinajstić information content (AvgIpc) is 2.77. The first-order valence-corrected chi connectivity index (χ1v) is 5.45. The largest absolute Gasteiger partial charge is 0.392 e. The molecule has 0 amide bonds. The molecular weight excluding hydrogens is 206 g/mol. The van der Waals surface area contributed by atoms with Crippen LogP contribution in [0.1, 0.15) is 17.7 Å². The van der Waals surface area contributed by atoms with E-state index in [0.717, 1.165) is 36.7 Å². The molecule has 2 heterocycles. The lowest BCUT2D eigenvalue weighted by Gasteiger charge is -2.16. The van der Waals surface area contributed by atoms with Gasteiger partial charge in [0.1, 0.15) is 0 Å². The molecule has 16 heavy (non-hydrogen) atoms. The third-order valence-corrected chi connectivity index (χ3v) is 3.00. The molecule has 1 fully saturated rings. The second kappa shape index (κ2) is 4.76. The van der Waals surface area contributed by atoms with E-state index in [0.29, 0.717) is 0 Å². The fourth-order valence-corrected chi connectivity index (χ4v) is 1.89.